The van der Waals surface area contributed by atoms with Gasteiger partial charge >= 0.3 is 0 Å². The molecule has 0 aliphatic heterocycles. The van der Waals surface area contributed by atoms with E-state index in [9.17, 15) is 10.0 Å². The van der Waals surface area contributed by atoms with Crippen LogP contribution in [-0.4, -0.2) is 5.91 Å². The topological polar surface area (TPSA) is 56.0 Å². The van der Waals surface area contributed by atoms with Crippen LogP contribution >= 0.6 is 11.8 Å². The zero-order valence-corrected chi connectivity index (χ0v) is 13.7. The molecular formula is C19H16N2O2S. The SMILES string of the molecule is O=C(NCc1ccccc1Sc1ccccc1)c1cc[n+]([O-])cc1. The van der Waals surface area contributed by atoms with Gasteiger partial charge in [0.1, 0.15) is 0 Å². The first-order valence-electron chi connectivity index (χ1n) is 7.50. The van der Waals surface area contributed by atoms with Gasteiger partial charge in [0, 0.05) is 28.5 Å². The molecule has 5 heteroatoms. The van der Waals surface area contributed by atoms with Crippen molar-refractivity contribution in [2.24, 2.45) is 0 Å². The average molecular weight is 336 g/mol. The Kier molecular flexibility index (Phi) is 5.13. The maximum atomic E-state index is 12.2. The number of hydrogen-bond donors (Lipinski definition) is 1. The molecule has 0 aliphatic rings. The van der Waals surface area contributed by atoms with Crippen LogP contribution in [0.15, 0.2) is 88.9 Å². The van der Waals surface area contributed by atoms with Gasteiger partial charge < -0.3 is 10.5 Å². The summed E-state index contributed by atoms with van der Waals surface area (Å²) in [5, 5.41) is 13.9. The van der Waals surface area contributed by atoms with Gasteiger partial charge in [0.15, 0.2) is 12.4 Å². The maximum absolute atomic E-state index is 12.2. The van der Waals surface area contributed by atoms with Crippen LogP contribution in [0.4, 0.5) is 0 Å². The highest BCUT2D eigenvalue weighted by molar-refractivity contribution is 7.99. The molecule has 1 aromatic heterocycles. The summed E-state index contributed by atoms with van der Waals surface area (Å²) in [7, 11) is 0. The summed E-state index contributed by atoms with van der Waals surface area (Å²) in [5.41, 5.74) is 1.52. The van der Waals surface area contributed by atoms with E-state index in [0.29, 0.717) is 16.8 Å². The first-order chi connectivity index (χ1) is 11.7. The monoisotopic (exact) mass is 336 g/mol. The van der Waals surface area contributed by atoms with Gasteiger partial charge in [-0.1, -0.05) is 48.2 Å². The highest BCUT2D eigenvalue weighted by atomic mass is 32.2. The average Bonchev–Trinajstić information content (AvgIpc) is 2.62. The molecule has 0 atom stereocenters. The van der Waals surface area contributed by atoms with Crippen LogP contribution < -0.4 is 10.0 Å². The van der Waals surface area contributed by atoms with Crippen molar-refractivity contribution in [3.63, 3.8) is 0 Å². The number of carbonyl (C=O) groups is 1. The van der Waals surface area contributed by atoms with E-state index in [1.54, 1.807) is 11.8 Å². The molecule has 1 amide bonds. The number of carbonyl (C=O) groups excluding carboxylic acids is 1. The zero-order chi connectivity index (χ0) is 16.8. The molecule has 0 unspecified atom stereocenters. The molecule has 0 radical (unpaired) electrons. The summed E-state index contributed by atoms with van der Waals surface area (Å²) in [6.07, 6.45) is 2.63. The quantitative estimate of drug-likeness (QED) is 0.574. The number of rotatable bonds is 5. The van der Waals surface area contributed by atoms with Gasteiger partial charge in [-0.25, -0.2) is 0 Å². The molecule has 0 fully saturated rings. The van der Waals surface area contributed by atoms with Crippen LogP contribution in [-0.2, 0) is 6.54 Å². The standard InChI is InChI=1S/C19H16N2O2S/c22-19(15-10-12-21(23)13-11-15)20-14-16-6-4-5-9-18(16)24-17-7-2-1-3-8-17/h1-13H,14H2,(H,20,22). The number of hydrogen-bond acceptors (Lipinski definition) is 3. The van der Waals surface area contributed by atoms with E-state index in [2.05, 4.69) is 17.4 Å². The van der Waals surface area contributed by atoms with E-state index < -0.39 is 0 Å². The summed E-state index contributed by atoms with van der Waals surface area (Å²) in [6.45, 7) is 0.432. The van der Waals surface area contributed by atoms with E-state index in [0.717, 1.165) is 15.4 Å². The lowest BCUT2D eigenvalue weighted by Crippen LogP contribution is -2.27. The van der Waals surface area contributed by atoms with Crippen molar-refractivity contribution in [2.45, 2.75) is 16.3 Å². The van der Waals surface area contributed by atoms with Crippen molar-refractivity contribution in [1.29, 1.82) is 0 Å². The molecular weight excluding hydrogens is 320 g/mol. The smallest absolute Gasteiger partial charge is 0.252 e. The predicted octanol–water partition coefficient (Wildman–Crippen LogP) is 3.40. The van der Waals surface area contributed by atoms with E-state index >= 15 is 0 Å². The maximum Gasteiger partial charge on any atom is 0.252 e. The van der Waals surface area contributed by atoms with Gasteiger partial charge in [-0.3, -0.25) is 4.79 Å². The Morgan fingerprint density at radius 1 is 0.958 bits per heavy atom. The van der Waals surface area contributed by atoms with Gasteiger partial charge in [-0.2, -0.15) is 4.73 Å². The number of nitrogens with one attached hydrogen (secondary N) is 1. The van der Waals surface area contributed by atoms with Crippen molar-refractivity contribution in [3.05, 3.63) is 95.5 Å². The highest BCUT2D eigenvalue weighted by Crippen LogP contribution is 2.30. The Bertz CT molecular complexity index is 820. The lowest BCUT2D eigenvalue weighted by Gasteiger charge is -2.10. The molecule has 0 bridgehead atoms. The fraction of sp³-hybridized carbons (Fsp3) is 0.0526. The van der Waals surface area contributed by atoms with Crippen LogP contribution in [0.3, 0.4) is 0 Å². The first-order valence-corrected chi connectivity index (χ1v) is 8.32. The van der Waals surface area contributed by atoms with Gasteiger partial charge in [0.25, 0.3) is 5.91 Å². The molecule has 1 heterocycles. The Labute approximate surface area is 144 Å². The second-order valence-electron chi connectivity index (χ2n) is 5.15. The lowest BCUT2D eigenvalue weighted by molar-refractivity contribution is -0.605. The Balaban J connectivity index is 1.69. The van der Waals surface area contributed by atoms with Gasteiger partial charge in [0.05, 0.1) is 5.56 Å². The second kappa shape index (κ2) is 7.66. The fourth-order valence-electron chi connectivity index (χ4n) is 2.21. The van der Waals surface area contributed by atoms with Gasteiger partial charge in [0.2, 0.25) is 0 Å². The minimum absolute atomic E-state index is 0.199. The van der Waals surface area contributed by atoms with Crippen molar-refractivity contribution in [2.75, 3.05) is 0 Å². The molecule has 4 nitrogen and oxygen atoms in total. The predicted molar refractivity (Wildman–Crippen MR) is 93.6 cm³/mol. The van der Waals surface area contributed by atoms with Crippen LogP contribution in [0.1, 0.15) is 15.9 Å². The molecule has 0 saturated heterocycles. The van der Waals surface area contributed by atoms with Crippen LogP contribution in [0, 0.1) is 5.21 Å². The molecule has 120 valence electrons. The van der Waals surface area contributed by atoms with Crippen LogP contribution in [0.5, 0.6) is 0 Å². The van der Waals surface area contributed by atoms with Crippen molar-refractivity contribution in [1.82, 2.24) is 5.32 Å². The number of pyridine rings is 1. The zero-order valence-electron chi connectivity index (χ0n) is 12.9. The van der Waals surface area contributed by atoms with Crippen LogP contribution in [0.2, 0.25) is 0 Å². The molecule has 3 rings (SSSR count). The number of nitrogens with zero attached hydrogens (tertiary/aromatic N) is 1. The summed E-state index contributed by atoms with van der Waals surface area (Å²) < 4.78 is 0.655. The third-order valence-corrected chi connectivity index (χ3v) is 4.57. The minimum atomic E-state index is -0.199. The lowest BCUT2D eigenvalue weighted by atomic mass is 10.2. The molecule has 24 heavy (non-hydrogen) atoms. The number of aromatic nitrogens is 1. The Morgan fingerprint density at radius 3 is 2.38 bits per heavy atom. The molecule has 2 aromatic carbocycles. The molecule has 3 aromatic rings. The molecule has 1 N–H and O–H groups in total. The van der Waals surface area contributed by atoms with Gasteiger partial charge in [-0.05, 0) is 23.8 Å². The van der Waals surface area contributed by atoms with E-state index in [4.69, 9.17) is 0 Å². The third-order valence-electron chi connectivity index (χ3n) is 3.45. The number of amides is 1. The van der Waals surface area contributed by atoms with E-state index in [1.165, 1.54) is 24.5 Å². The Morgan fingerprint density at radius 2 is 1.62 bits per heavy atom. The largest absolute Gasteiger partial charge is 0.619 e. The normalized spacial score (nSPS) is 10.3. The number of benzene rings is 2. The summed E-state index contributed by atoms with van der Waals surface area (Å²) in [5.74, 6) is -0.199. The van der Waals surface area contributed by atoms with Crippen molar-refractivity contribution < 1.29 is 9.52 Å². The fourth-order valence-corrected chi connectivity index (χ4v) is 3.17. The highest BCUT2D eigenvalue weighted by Gasteiger charge is 2.09. The molecule has 0 saturated carbocycles. The minimum Gasteiger partial charge on any atom is -0.619 e. The molecule has 0 spiro atoms. The van der Waals surface area contributed by atoms with Crippen LogP contribution in [0.25, 0.3) is 0 Å². The Hall–Kier alpha value is -2.79. The van der Waals surface area contributed by atoms with Crippen molar-refractivity contribution >= 4 is 17.7 Å². The second-order valence-corrected chi connectivity index (χ2v) is 6.27. The molecule has 0 aliphatic carbocycles. The van der Waals surface area contributed by atoms with E-state index in [1.807, 2.05) is 42.5 Å². The van der Waals surface area contributed by atoms with E-state index in [-0.39, 0.29) is 5.91 Å². The summed E-state index contributed by atoms with van der Waals surface area (Å²) in [4.78, 5) is 14.4. The third kappa shape index (κ3) is 4.14. The summed E-state index contributed by atoms with van der Waals surface area (Å²) in [6, 6.07) is 21.1. The summed E-state index contributed by atoms with van der Waals surface area (Å²) >= 11 is 1.67. The first kappa shape index (κ1) is 16.1. The van der Waals surface area contributed by atoms with Gasteiger partial charge in [-0.15, -0.1) is 0 Å². The van der Waals surface area contributed by atoms with Crippen molar-refractivity contribution in [3.8, 4) is 0 Å².